The fourth-order valence-electron chi connectivity index (χ4n) is 8.61. The van der Waals surface area contributed by atoms with Crippen LogP contribution >= 0.6 is 0 Å². The molecule has 1 aliphatic carbocycles. The largest absolute Gasteiger partial charge is 0.309 e. The van der Waals surface area contributed by atoms with Crippen molar-refractivity contribution >= 4 is 54.1 Å². The smallest absolute Gasteiger partial charge is 0.0626 e. The molecule has 1 heterocycles. The molecule has 1 aromatic heterocycles. The predicted octanol–water partition coefficient (Wildman–Crippen LogP) is 13.2. The first-order chi connectivity index (χ1) is 24.3. The van der Waals surface area contributed by atoms with Crippen LogP contribution in [0.25, 0.3) is 104 Å². The molecule has 9 aromatic carbocycles. The molecule has 49 heavy (non-hydrogen) atoms. The summed E-state index contributed by atoms with van der Waals surface area (Å²) in [5.41, 5.74) is 13.8. The molecule has 1 nitrogen and oxygen atoms in total. The Balaban J connectivity index is 1.24. The van der Waals surface area contributed by atoms with E-state index in [1.165, 1.54) is 98.6 Å². The average Bonchev–Trinajstić information content (AvgIpc) is 3.70. The maximum Gasteiger partial charge on any atom is 0.0626 e. The number of hydrogen-bond acceptors (Lipinski definition) is 0. The Morgan fingerprint density at radius 3 is 1.57 bits per heavy atom. The minimum absolute atomic E-state index is 1.16. The first-order valence-corrected chi connectivity index (χ1v) is 17.0. The molecular weight excluding hydrogens is 591 g/mol. The Hall–Kier alpha value is -6.44. The van der Waals surface area contributed by atoms with Crippen molar-refractivity contribution in [3.8, 4) is 50.2 Å². The third-order valence-electron chi connectivity index (χ3n) is 10.7. The van der Waals surface area contributed by atoms with Crippen molar-refractivity contribution in [2.45, 2.75) is 0 Å². The monoisotopic (exact) mass is 619 g/mol. The van der Waals surface area contributed by atoms with Gasteiger partial charge in [0.2, 0.25) is 0 Å². The number of hydrogen-bond donors (Lipinski definition) is 0. The van der Waals surface area contributed by atoms with Gasteiger partial charge in [0.25, 0.3) is 0 Å². The van der Waals surface area contributed by atoms with Gasteiger partial charge in [0.15, 0.2) is 0 Å². The summed E-state index contributed by atoms with van der Waals surface area (Å²) in [6.45, 7) is 0. The van der Waals surface area contributed by atoms with Crippen LogP contribution in [0.4, 0.5) is 0 Å². The molecule has 10 aromatic rings. The molecule has 11 rings (SSSR count). The zero-order valence-electron chi connectivity index (χ0n) is 26.7. The van der Waals surface area contributed by atoms with E-state index in [9.17, 15) is 0 Å². The second-order valence-electron chi connectivity index (χ2n) is 13.2. The number of fused-ring (bicyclic) bond motifs is 12. The first-order valence-electron chi connectivity index (χ1n) is 17.0. The molecule has 1 heteroatoms. The summed E-state index contributed by atoms with van der Waals surface area (Å²) in [6.07, 6.45) is 0. The average molecular weight is 620 g/mol. The molecule has 226 valence electrons. The van der Waals surface area contributed by atoms with Crippen LogP contribution in [-0.2, 0) is 0 Å². The van der Waals surface area contributed by atoms with Gasteiger partial charge in [-0.15, -0.1) is 0 Å². The van der Waals surface area contributed by atoms with Crippen LogP contribution in [0, 0.1) is 0 Å². The molecule has 0 unspecified atom stereocenters. The number of nitrogens with zero attached hydrogens (tertiary/aromatic N) is 1. The van der Waals surface area contributed by atoms with Crippen LogP contribution in [0.5, 0.6) is 0 Å². The van der Waals surface area contributed by atoms with Gasteiger partial charge in [-0.25, -0.2) is 0 Å². The molecule has 0 bridgehead atoms. The van der Waals surface area contributed by atoms with E-state index in [2.05, 4.69) is 180 Å². The van der Waals surface area contributed by atoms with Crippen LogP contribution < -0.4 is 0 Å². The van der Waals surface area contributed by atoms with Gasteiger partial charge in [0, 0.05) is 21.8 Å². The van der Waals surface area contributed by atoms with Crippen molar-refractivity contribution in [2.75, 3.05) is 0 Å². The summed E-state index contributed by atoms with van der Waals surface area (Å²) in [6, 6.07) is 64.8. The Labute approximate surface area is 283 Å². The highest BCUT2D eigenvalue weighted by atomic mass is 15.0. The van der Waals surface area contributed by atoms with Gasteiger partial charge in [0.05, 0.1) is 11.0 Å². The Kier molecular flexibility index (Phi) is 5.45. The van der Waals surface area contributed by atoms with Crippen molar-refractivity contribution in [2.24, 2.45) is 0 Å². The lowest BCUT2D eigenvalue weighted by Crippen LogP contribution is -1.95. The minimum atomic E-state index is 1.16. The third-order valence-corrected chi connectivity index (χ3v) is 10.7. The fraction of sp³-hybridized carbons (Fsp3) is 0. The molecule has 0 amide bonds. The maximum absolute atomic E-state index is 2.53. The van der Waals surface area contributed by atoms with Crippen molar-refractivity contribution in [1.29, 1.82) is 0 Å². The van der Waals surface area contributed by atoms with Crippen LogP contribution in [0.2, 0.25) is 0 Å². The molecular formula is C48H29N. The second-order valence-corrected chi connectivity index (χ2v) is 13.2. The zero-order valence-corrected chi connectivity index (χ0v) is 26.7. The van der Waals surface area contributed by atoms with Crippen molar-refractivity contribution in [1.82, 2.24) is 4.57 Å². The van der Waals surface area contributed by atoms with E-state index in [4.69, 9.17) is 0 Å². The molecule has 0 N–H and O–H groups in total. The summed E-state index contributed by atoms with van der Waals surface area (Å²) in [5.74, 6) is 0. The van der Waals surface area contributed by atoms with E-state index in [-0.39, 0.29) is 0 Å². The Morgan fingerprint density at radius 1 is 0.286 bits per heavy atom. The molecule has 0 saturated carbocycles. The standard InChI is InChI=1S/C48H29N/c1-2-12-30(13-3-1)32-14-10-15-33(28-32)31-24-26-34(27-25-31)49-44-29-43-38-19-5-4-17-36(38)39-22-11-23-42(45(39)43)46(44)47-40-20-8-6-16-35(40)37-18-7-9-21-41(37)48(47)49/h1-29H. The quantitative estimate of drug-likeness (QED) is 0.173. The van der Waals surface area contributed by atoms with Crippen molar-refractivity contribution in [3.63, 3.8) is 0 Å². The number of benzene rings is 9. The minimum Gasteiger partial charge on any atom is -0.309 e. The maximum atomic E-state index is 2.53. The number of aromatic nitrogens is 1. The Bertz CT molecular complexity index is 2960. The molecule has 0 aliphatic heterocycles. The van der Waals surface area contributed by atoms with E-state index in [0.717, 1.165) is 5.69 Å². The van der Waals surface area contributed by atoms with E-state index in [0.29, 0.717) is 0 Å². The van der Waals surface area contributed by atoms with Gasteiger partial charge in [-0.2, -0.15) is 0 Å². The van der Waals surface area contributed by atoms with E-state index in [1.807, 2.05) is 0 Å². The lowest BCUT2D eigenvalue weighted by atomic mass is 9.94. The predicted molar refractivity (Wildman–Crippen MR) is 209 cm³/mol. The van der Waals surface area contributed by atoms with Crippen LogP contribution in [0.3, 0.4) is 0 Å². The second kappa shape index (κ2) is 10.0. The van der Waals surface area contributed by atoms with Crippen molar-refractivity contribution < 1.29 is 0 Å². The third kappa shape index (κ3) is 3.70. The summed E-state index contributed by atoms with van der Waals surface area (Å²) in [5, 5.41) is 10.5. The summed E-state index contributed by atoms with van der Waals surface area (Å²) >= 11 is 0. The van der Waals surface area contributed by atoms with Crippen molar-refractivity contribution in [3.05, 3.63) is 176 Å². The molecule has 0 fully saturated rings. The van der Waals surface area contributed by atoms with Gasteiger partial charge in [-0.3, -0.25) is 0 Å². The zero-order chi connectivity index (χ0) is 32.1. The first kappa shape index (κ1) is 26.6. The van der Waals surface area contributed by atoms with Crippen LogP contribution in [0.15, 0.2) is 176 Å². The van der Waals surface area contributed by atoms with E-state index >= 15 is 0 Å². The topological polar surface area (TPSA) is 4.93 Å². The SMILES string of the molecule is c1ccc(-c2cccc(-c3ccc(-n4c5cc6c7c(cccc7c5c5c7ccccc7c7ccccc7c54)-c4ccccc4-6)cc3)c2)cc1. The molecule has 0 radical (unpaired) electrons. The lowest BCUT2D eigenvalue weighted by Gasteiger charge is -2.13. The van der Waals surface area contributed by atoms with E-state index in [1.54, 1.807) is 0 Å². The fourth-order valence-corrected chi connectivity index (χ4v) is 8.61. The van der Waals surface area contributed by atoms with Gasteiger partial charge in [-0.05, 0) is 95.7 Å². The van der Waals surface area contributed by atoms with Gasteiger partial charge in [-0.1, -0.05) is 152 Å². The highest BCUT2D eigenvalue weighted by Crippen LogP contribution is 2.52. The number of rotatable bonds is 3. The van der Waals surface area contributed by atoms with Crippen LogP contribution in [0.1, 0.15) is 0 Å². The Morgan fingerprint density at radius 2 is 0.816 bits per heavy atom. The highest BCUT2D eigenvalue weighted by molar-refractivity contribution is 6.38. The summed E-state index contributed by atoms with van der Waals surface area (Å²) in [7, 11) is 0. The van der Waals surface area contributed by atoms with E-state index < -0.39 is 0 Å². The molecule has 0 spiro atoms. The summed E-state index contributed by atoms with van der Waals surface area (Å²) < 4.78 is 2.53. The van der Waals surface area contributed by atoms with Crippen LogP contribution in [-0.4, -0.2) is 4.57 Å². The lowest BCUT2D eigenvalue weighted by molar-refractivity contribution is 1.19. The van der Waals surface area contributed by atoms with Gasteiger partial charge >= 0.3 is 0 Å². The molecule has 0 saturated heterocycles. The molecule has 1 aliphatic rings. The highest BCUT2D eigenvalue weighted by Gasteiger charge is 2.27. The van der Waals surface area contributed by atoms with Gasteiger partial charge in [0.1, 0.15) is 0 Å². The van der Waals surface area contributed by atoms with Gasteiger partial charge < -0.3 is 4.57 Å². The summed E-state index contributed by atoms with van der Waals surface area (Å²) in [4.78, 5) is 0. The molecule has 0 atom stereocenters. The normalized spacial score (nSPS) is 12.1.